The summed E-state index contributed by atoms with van der Waals surface area (Å²) < 4.78 is 0. The van der Waals surface area contributed by atoms with E-state index >= 15 is 0 Å². The number of nitro benzene ring substituents is 1. The highest BCUT2D eigenvalue weighted by molar-refractivity contribution is 7.99. The smallest absolute Gasteiger partial charge is 0.283 e. The maximum absolute atomic E-state index is 11.4. The second-order valence-corrected chi connectivity index (χ2v) is 8.35. The third-order valence-electron chi connectivity index (χ3n) is 4.60. The summed E-state index contributed by atoms with van der Waals surface area (Å²) in [5.41, 5.74) is 4.83. The van der Waals surface area contributed by atoms with E-state index in [1.54, 1.807) is 12.1 Å². The van der Waals surface area contributed by atoms with Crippen molar-refractivity contribution in [2.75, 3.05) is 28.4 Å². The second kappa shape index (κ2) is 12.2. The summed E-state index contributed by atoms with van der Waals surface area (Å²) in [4.78, 5) is 24.6. The SMILES string of the molecule is O=[N+]([O-])c1cc(/C=N/Nc2nc(Nc3ccccc3)nc(Nc3ccccc3)n2)ccc1SCCO. The van der Waals surface area contributed by atoms with Crippen LogP contribution in [-0.4, -0.2) is 43.6 Å². The molecular formula is C24H22N8O3S. The molecule has 0 radical (unpaired) electrons. The molecule has 0 saturated carbocycles. The molecule has 0 aliphatic carbocycles. The number of benzene rings is 3. The lowest BCUT2D eigenvalue weighted by molar-refractivity contribution is -0.387. The van der Waals surface area contributed by atoms with Crippen LogP contribution in [0.3, 0.4) is 0 Å². The topological polar surface area (TPSA) is 150 Å². The van der Waals surface area contributed by atoms with E-state index in [4.69, 9.17) is 5.11 Å². The van der Waals surface area contributed by atoms with E-state index in [-0.39, 0.29) is 18.2 Å². The Bertz CT molecular complexity index is 1280. The average Bonchev–Trinajstić information content (AvgIpc) is 2.89. The molecule has 12 heteroatoms. The molecule has 4 aromatic rings. The Balaban J connectivity index is 1.55. The summed E-state index contributed by atoms with van der Waals surface area (Å²) >= 11 is 1.22. The van der Waals surface area contributed by atoms with Crippen LogP contribution in [0.25, 0.3) is 0 Å². The highest BCUT2D eigenvalue weighted by Gasteiger charge is 2.14. The number of nitrogens with zero attached hydrogens (tertiary/aromatic N) is 5. The van der Waals surface area contributed by atoms with Gasteiger partial charge in [0.2, 0.25) is 17.8 Å². The third-order valence-corrected chi connectivity index (χ3v) is 5.64. The van der Waals surface area contributed by atoms with Gasteiger partial charge in [0.15, 0.2) is 0 Å². The highest BCUT2D eigenvalue weighted by Crippen LogP contribution is 2.29. The van der Waals surface area contributed by atoms with Crippen LogP contribution in [0.4, 0.5) is 34.9 Å². The molecule has 0 amide bonds. The summed E-state index contributed by atoms with van der Waals surface area (Å²) in [5.74, 6) is 1.14. The summed E-state index contributed by atoms with van der Waals surface area (Å²) in [7, 11) is 0. The van der Waals surface area contributed by atoms with Gasteiger partial charge in [0.1, 0.15) is 0 Å². The molecule has 182 valence electrons. The van der Waals surface area contributed by atoms with Gasteiger partial charge in [0.05, 0.1) is 22.6 Å². The van der Waals surface area contributed by atoms with E-state index in [2.05, 4.69) is 36.1 Å². The van der Waals surface area contributed by atoms with Gasteiger partial charge >= 0.3 is 0 Å². The number of aromatic nitrogens is 3. The lowest BCUT2D eigenvalue weighted by Crippen LogP contribution is -2.07. The summed E-state index contributed by atoms with van der Waals surface area (Å²) in [6.45, 7) is -0.0664. The van der Waals surface area contributed by atoms with Crippen molar-refractivity contribution in [3.05, 3.63) is 94.5 Å². The summed E-state index contributed by atoms with van der Waals surface area (Å²) in [5, 5.41) is 30.8. The van der Waals surface area contributed by atoms with Gasteiger partial charge in [0.25, 0.3) is 5.69 Å². The molecule has 36 heavy (non-hydrogen) atoms. The molecule has 11 nitrogen and oxygen atoms in total. The maximum Gasteiger partial charge on any atom is 0.283 e. The van der Waals surface area contributed by atoms with Gasteiger partial charge < -0.3 is 15.7 Å². The fourth-order valence-corrected chi connectivity index (χ4v) is 3.80. The quantitative estimate of drug-likeness (QED) is 0.0974. The van der Waals surface area contributed by atoms with Crippen molar-refractivity contribution >= 4 is 52.9 Å². The minimum absolute atomic E-state index is 0.0544. The first kappa shape index (κ1) is 24.6. The largest absolute Gasteiger partial charge is 0.396 e. The fourth-order valence-electron chi connectivity index (χ4n) is 3.04. The maximum atomic E-state index is 11.4. The lowest BCUT2D eigenvalue weighted by atomic mass is 10.2. The van der Waals surface area contributed by atoms with Crippen molar-refractivity contribution in [3.63, 3.8) is 0 Å². The van der Waals surface area contributed by atoms with Crippen molar-refractivity contribution in [2.24, 2.45) is 5.10 Å². The molecular weight excluding hydrogens is 480 g/mol. The van der Waals surface area contributed by atoms with E-state index in [0.29, 0.717) is 28.1 Å². The number of anilines is 5. The van der Waals surface area contributed by atoms with Crippen molar-refractivity contribution < 1.29 is 10.0 Å². The Morgan fingerprint density at radius 1 is 0.889 bits per heavy atom. The van der Waals surface area contributed by atoms with E-state index in [1.807, 2.05) is 60.7 Å². The number of aliphatic hydroxyl groups excluding tert-OH is 1. The second-order valence-electron chi connectivity index (χ2n) is 7.21. The molecule has 0 spiro atoms. The Morgan fingerprint density at radius 2 is 1.47 bits per heavy atom. The Hall–Kier alpha value is -4.55. The number of para-hydroxylation sites is 2. The normalized spacial score (nSPS) is 10.8. The van der Waals surface area contributed by atoms with E-state index in [9.17, 15) is 10.1 Å². The first-order valence-corrected chi connectivity index (χ1v) is 11.8. The molecule has 0 aliphatic rings. The van der Waals surface area contributed by atoms with Gasteiger partial charge in [0, 0.05) is 28.8 Å². The minimum Gasteiger partial charge on any atom is -0.396 e. The van der Waals surface area contributed by atoms with Crippen LogP contribution >= 0.6 is 11.8 Å². The Morgan fingerprint density at radius 3 is 2.03 bits per heavy atom. The molecule has 0 bridgehead atoms. The van der Waals surface area contributed by atoms with Gasteiger partial charge in [-0.3, -0.25) is 10.1 Å². The third kappa shape index (κ3) is 6.98. The number of hydrazone groups is 1. The van der Waals surface area contributed by atoms with Gasteiger partial charge in [-0.15, -0.1) is 11.8 Å². The summed E-state index contributed by atoms with van der Waals surface area (Å²) in [6, 6.07) is 23.7. The van der Waals surface area contributed by atoms with Crippen LogP contribution < -0.4 is 16.1 Å². The molecule has 1 heterocycles. The average molecular weight is 503 g/mol. The van der Waals surface area contributed by atoms with Gasteiger partial charge in [-0.05, 0) is 30.3 Å². The zero-order valence-corrected chi connectivity index (χ0v) is 19.7. The molecule has 0 fully saturated rings. The molecule has 0 aliphatic heterocycles. The predicted octanol–water partition coefficient (Wildman–Crippen LogP) is 4.80. The highest BCUT2D eigenvalue weighted by atomic mass is 32.2. The monoisotopic (exact) mass is 502 g/mol. The zero-order chi connectivity index (χ0) is 25.2. The first-order chi connectivity index (χ1) is 17.6. The van der Waals surface area contributed by atoms with Crippen LogP contribution in [0.15, 0.2) is 88.9 Å². The van der Waals surface area contributed by atoms with Crippen LogP contribution in [0, 0.1) is 10.1 Å². The van der Waals surface area contributed by atoms with Crippen LogP contribution in [0.5, 0.6) is 0 Å². The molecule has 4 rings (SSSR count). The van der Waals surface area contributed by atoms with Gasteiger partial charge in [-0.2, -0.15) is 20.1 Å². The van der Waals surface area contributed by atoms with Crippen LogP contribution in [0.1, 0.15) is 5.56 Å². The predicted molar refractivity (Wildman–Crippen MR) is 141 cm³/mol. The molecule has 3 aromatic carbocycles. The lowest BCUT2D eigenvalue weighted by Gasteiger charge is -2.10. The number of nitrogens with one attached hydrogen (secondary N) is 3. The summed E-state index contributed by atoms with van der Waals surface area (Å²) in [6.07, 6.45) is 1.44. The van der Waals surface area contributed by atoms with Gasteiger partial charge in [-0.1, -0.05) is 42.5 Å². The minimum atomic E-state index is -0.459. The molecule has 0 saturated heterocycles. The van der Waals surface area contributed by atoms with E-state index in [1.165, 1.54) is 24.0 Å². The molecule has 0 atom stereocenters. The fraction of sp³-hybridized carbons (Fsp3) is 0.0833. The van der Waals surface area contributed by atoms with Crippen molar-refractivity contribution in [1.29, 1.82) is 0 Å². The Kier molecular flexibility index (Phi) is 8.35. The number of hydrogen-bond acceptors (Lipinski definition) is 11. The van der Waals surface area contributed by atoms with Gasteiger partial charge in [-0.25, -0.2) is 5.43 Å². The number of thioether (sulfide) groups is 1. The Labute approximate surface area is 210 Å². The molecule has 0 unspecified atom stereocenters. The number of aliphatic hydroxyl groups is 1. The van der Waals surface area contributed by atoms with Crippen LogP contribution in [-0.2, 0) is 0 Å². The zero-order valence-electron chi connectivity index (χ0n) is 18.9. The number of nitro groups is 1. The van der Waals surface area contributed by atoms with Crippen LogP contribution in [0.2, 0.25) is 0 Å². The van der Waals surface area contributed by atoms with Crippen molar-refractivity contribution in [1.82, 2.24) is 15.0 Å². The molecule has 1 aromatic heterocycles. The standard InChI is InChI=1S/C24H22N8O3S/c33-13-14-36-21-12-11-17(15-20(21)32(34)35)16-25-31-24-29-22(26-18-7-3-1-4-8-18)28-23(30-24)27-19-9-5-2-6-10-19/h1-12,15-16,33H,13-14H2,(H3,26,27,28,29,30,31)/b25-16+. The van der Waals surface area contributed by atoms with Crippen molar-refractivity contribution in [3.8, 4) is 0 Å². The van der Waals surface area contributed by atoms with E-state index < -0.39 is 4.92 Å². The number of rotatable bonds is 11. The molecule has 4 N–H and O–H groups in total. The van der Waals surface area contributed by atoms with Crippen molar-refractivity contribution in [2.45, 2.75) is 4.90 Å². The van der Waals surface area contributed by atoms with E-state index in [0.717, 1.165) is 11.4 Å². The number of hydrogen-bond donors (Lipinski definition) is 4. The first-order valence-electron chi connectivity index (χ1n) is 10.8.